The first-order valence-electron chi connectivity index (χ1n) is 5.90. The average Bonchev–Trinajstić information content (AvgIpc) is 2.32. The maximum absolute atomic E-state index is 11.9. The zero-order valence-corrected chi connectivity index (χ0v) is 11.9. The molecule has 1 aromatic carbocycles. The van der Waals surface area contributed by atoms with Gasteiger partial charge in [-0.05, 0) is 37.6 Å². The number of hydrogen-bond acceptors (Lipinski definition) is 2. The molecule has 1 rings (SSSR count). The molecular formula is C13H19BrN2O. The Hall–Kier alpha value is -0.870. The predicted octanol–water partition coefficient (Wildman–Crippen LogP) is 2.49. The molecule has 0 unspecified atom stereocenters. The van der Waals surface area contributed by atoms with Crippen molar-refractivity contribution in [3.8, 4) is 0 Å². The molecule has 0 spiro atoms. The summed E-state index contributed by atoms with van der Waals surface area (Å²) < 4.78 is 0.967. The van der Waals surface area contributed by atoms with Crippen LogP contribution in [0.25, 0.3) is 0 Å². The topological polar surface area (TPSA) is 41.1 Å². The van der Waals surface area contributed by atoms with E-state index in [0.29, 0.717) is 6.54 Å². The average molecular weight is 299 g/mol. The monoisotopic (exact) mass is 298 g/mol. The van der Waals surface area contributed by atoms with Crippen molar-refractivity contribution in [2.24, 2.45) is 0 Å². The van der Waals surface area contributed by atoms with E-state index in [1.54, 1.807) is 0 Å². The molecule has 0 atom stereocenters. The smallest absolute Gasteiger partial charge is 0.251 e. The van der Waals surface area contributed by atoms with Crippen molar-refractivity contribution in [2.45, 2.75) is 20.3 Å². The summed E-state index contributed by atoms with van der Waals surface area (Å²) in [6, 6.07) is 5.66. The molecule has 0 aliphatic rings. The van der Waals surface area contributed by atoms with Gasteiger partial charge in [0.1, 0.15) is 0 Å². The normalized spacial score (nSPS) is 10.3. The van der Waals surface area contributed by atoms with Crippen LogP contribution in [0.5, 0.6) is 0 Å². The number of halogens is 1. The molecule has 0 bridgehead atoms. The van der Waals surface area contributed by atoms with Crippen molar-refractivity contribution >= 4 is 21.8 Å². The lowest BCUT2D eigenvalue weighted by Gasteiger charge is -2.09. The van der Waals surface area contributed by atoms with Gasteiger partial charge < -0.3 is 10.6 Å². The highest BCUT2D eigenvalue weighted by Gasteiger charge is 2.09. The summed E-state index contributed by atoms with van der Waals surface area (Å²) in [6.45, 7) is 6.52. The number of nitrogens with one attached hydrogen (secondary N) is 2. The summed E-state index contributed by atoms with van der Waals surface area (Å²) in [5.41, 5.74) is 1.71. The van der Waals surface area contributed by atoms with E-state index in [-0.39, 0.29) is 5.91 Å². The molecule has 0 aromatic heterocycles. The Morgan fingerprint density at radius 1 is 1.29 bits per heavy atom. The first kappa shape index (κ1) is 14.2. The third-order valence-electron chi connectivity index (χ3n) is 2.53. The van der Waals surface area contributed by atoms with Crippen LogP contribution in [0.2, 0.25) is 0 Å². The molecule has 3 nitrogen and oxygen atoms in total. The zero-order valence-electron chi connectivity index (χ0n) is 10.3. The molecule has 1 aromatic rings. The van der Waals surface area contributed by atoms with Crippen LogP contribution >= 0.6 is 15.9 Å². The maximum atomic E-state index is 11.9. The fraction of sp³-hybridized carbons (Fsp3) is 0.462. The van der Waals surface area contributed by atoms with Gasteiger partial charge in [0.25, 0.3) is 5.91 Å². The van der Waals surface area contributed by atoms with Gasteiger partial charge in [-0.1, -0.05) is 28.9 Å². The van der Waals surface area contributed by atoms with E-state index < -0.39 is 0 Å². The fourth-order valence-corrected chi connectivity index (χ4v) is 1.88. The Bertz CT molecular complexity index is 380. The number of carbonyl (C=O) groups excluding carboxylic acids is 1. The molecule has 17 heavy (non-hydrogen) atoms. The van der Waals surface area contributed by atoms with Gasteiger partial charge in [0, 0.05) is 23.1 Å². The van der Waals surface area contributed by atoms with Gasteiger partial charge in [-0.15, -0.1) is 0 Å². The Balaban J connectivity index is 2.44. The first-order chi connectivity index (χ1) is 8.16. The SMILES string of the molecule is CCCNCCNC(=O)c1cccc(Br)c1C. The van der Waals surface area contributed by atoms with Gasteiger partial charge in [-0.25, -0.2) is 0 Å². The number of rotatable bonds is 6. The minimum atomic E-state index is -0.0119. The van der Waals surface area contributed by atoms with Crippen molar-refractivity contribution in [3.63, 3.8) is 0 Å². The van der Waals surface area contributed by atoms with E-state index in [9.17, 15) is 4.79 Å². The lowest BCUT2D eigenvalue weighted by Crippen LogP contribution is -2.32. The van der Waals surface area contributed by atoms with Gasteiger partial charge in [-0.3, -0.25) is 4.79 Å². The molecule has 0 saturated heterocycles. The highest BCUT2D eigenvalue weighted by molar-refractivity contribution is 9.10. The fourth-order valence-electron chi connectivity index (χ4n) is 1.51. The van der Waals surface area contributed by atoms with Gasteiger partial charge >= 0.3 is 0 Å². The van der Waals surface area contributed by atoms with E-state index in [0.717, 1.165) is 35.1 Å². The molecular weight excluding hydrogens is 280 g/mol. The minimum absolute atomic E-state index is 0.0119. The van der Waals surface area contributed by atoms with Crippen LogP contribution in [0.15, 0.2) is 22.7 Å². The van der Waals surface area contributed by atoms with E-state index in [1.165, 1.54) is 0 Å². The van der Waals surface area contributed by atoms with Crippen LogP contribution in [0.1, 0.15) is 29.3 Å². The lowest BCUT2D eigenvalue weighted by atomic mass is 10.1. The van der Waals surface area contributed by atoms with Crippen LogP contribution in [0.4, 0.5) is 0 Å². The number of hydrogen-bond donors (Lipinski definition) is 2. The number of amides is 1. The molecule has 2 N–H and O–H groups in total. The second kappa shape index (κ2) is 7.45. The zero-order chi connectivity index (χ0) is 12.7. The molecule has 1 amide bonds. The molecule has 0 heterocycles. The van der Waals surface area contributed by atoms with E-state index >= 15 is 0 Å². The van der Waals surface area contributed by atoms with Crippen molar-refractivity contribution in [3.05, 3.63) is 33.8 Å². The molecule has 0 saturated carbocycles. The Labute approximate surface area is 111 Å². The number of benzene rings is 1. The summed E-state index contributed by atoms with van der Waals surface area (Å²) in [6.07, 6.45) is 1.11. The second-order valence-electron chi connectivity index (χ2n) is 3.92. The minimum Gasteiger partial charge on any atom is -0.351 e. The van der Waals surface area contributed by atoms with Gasteiger partial charge in [0.15, 0.2) is 0 Å². The summed E-state index contributed by atoms with van der Waals surface area (Å²) in [5, 5.41) is 6.15. The van der Waals surface area contributed by atoms with Crippen LogP contribution in [-0.2, 0) is 0 Å². The highest BCUT2D eigenvalue weighted by Crippen LogP contribution is 2.19. The highest BCUT2D eigenvalue weighted by atomic mass is 79.9. The summed E-state index contributed by atoms with van der Waals surface area (Å²) in [5.74, 6) is -0.0119. The molecule has 94 valence electrons. The molecule has 0 aliphatic heterocycles. The van der Waals surface area contributed by atoms with Crippen molar-refractivity contribution in [1.82, 2.24) is 10.6 Å². The maximum Gasteiger partial charge on any atom is 0.251 e. The molecule has 0 fully saturated rings. The van der Waals surface area contributed by atoms with Crippen LogP contribution in [0, 0.1) is 6.92 Å². The van der Waals surface area contributed by atoms with E-state index in [4.69, 9.17) is 0 Å². The van der Waals surface area contributed by atoms with Crippen molar-refractivity contribution in [2.75, 3.05) is 19.6 Å². The van der Waals surface area contributed by atoms with Crippen molar-refractivity contribution < 1.29 is 4.79 Å². The van der Waals surface area contributed by atoms with Crippen LogP contribution < -0.4 is 10.6 Å². The first-order valence-corrected chi connectivity index (χ1v) is 6.70. The summed E-state index contributed by atoms with van der Waals surface area (Å²) in [4.78, 5) is 11.9. The van der Waals surface area contributed by atoms with E-state index in [2.05, 4.69) is 33.5 Å². The van der Waals surface area contributed by atoms with Crippen molar-refractivity contribution in [1.29, 1.82) is 0 Å². The third kappa shape index (κ3) is 4.48. The second-order valence-corrected chi connectivity index (χ2v) is 4.77. The van der Waals surface area contributed by atoms with Gasteiger partial charge in [-0.2, -0.15) is 0 Å². The number of carbonyl (C=O) groups is 1. The molecule has 4 heteroatoms. The Morgan fingerprint density at radius 2 is 2.06 bits per heavy atom. The lowest BCUT2D eigenvalue weighted by molar-refractivity contribution is 0.0953. The van der Waals surface area contributed by atoms with E-state index in [1.807, 2.05) is 25.1 Å². The Morgan fingerprint density at radius 3 is 2.76 bits per heavy atom. The molecule has 0 aliphatic carbocycles. The van der Waals surface area contributed by atoms with Gasteiger partial charge in [0.05, 0.1) is 0 Å². The third-order valence-corrected chi connectivity index (χ3v) is 3.39. The van der Waals surface area contributed by atoms with Crippen LogP contribution in [-0.4, -0.2) is 25.5 Å². The Kier molecular flexibility index (Phi) is 6.22. The van der Waals surface area contributed by atoms with Gasteiger partial charge in [0.2, 0.25) is 0 Å². The molecule has 0 radical (unpaired) electrons. The summed E-state index contributed by atoms with van der Waals surface area (Å²) >= 11 is 3.42. The van der Waals surface area contributed by atoms with Crippen LogP contribution in [0.3, 0.4) is 0 Å². The predicted molar refractivity (Wildman–Crippen MR) is 74.4 cm³/mol. The quantitative estimate of drug-likeness (QED) is 0.792. The summed E-state index contributed by atoms with van der Waals surface area (Å²) in [7, 11) is 0. The largest absolute Gasteiger partial charge is 0.351 e. The standard InChI is InChI=1S/C13H19BrN2O/c1-3-7-15-8-9-16-13(17)11-5-4-6-12(14)10(11)2/h4-6,15H,3,7-9H2,1-2H3,(H,16,17).